The molecule has 4 rings (SSSR count). The van der Waals surface area contributed by atoms with Gasteiger partial charge in [0.05, 0.1) is 0 Å². The van der Waals surface area contributed by atoms with Gasteiger partial charge in [0, 0.05) is 0 Å². The first kappa shape index (κ1) is 45.8. The first-order valence-corrected chi connectivity index (χ1v) is 43.1. The average molecular weight is 1060 g/mol. The molecule has 2 nitrogen and oxygen atoms in total. The number of nitrogens with one attached hydrogen (secondary N) is 2. The second-order valence-electron chi connectivity index (χ2n) is 15.0. The van der Waals surface area contributed by atoms with Crippen molar-refractivity contribution in [1.29, 1.82) is 0 Å². The van der Waals surface area contributed by atoms with Crippen molar-refractivity contribution >= 4 is 23.3 Å². The first-order valence-electron chi connectivity index (χ1n) is 17.7. The van der Waals surface area contributed by atoms with Gasteiger partial charge in [-0.05, 0) is 0 Å². The topological polar surface area (TPSA) is 24.1 Å². The van der Waals surface area contributed by atoms with Crippen LogP contribution in [-0.2, 0) is 41.8 Å². The Bertz CT molecular complexity index is 1410. The molecule has 0 heterocycles. The van der Waals surface area contributed by atoms with Gasteiger partial charge in [0.25, 0.3) is 0 Å². The summed E-state index contributed by atoms with van der Waals surface area (Å²) in [5, 5.41) is 0. The van der Waals surface area contributed by atoms with Crippen molar-refractivity contribution in [3.8, 4) is 0 Å². The Morgan fingerprint density at radius 1 is 0.521 bits per heavy atom. The van der Waals surface area contributed by atoms with Gasteiger partial charge >= 0.3 is 304 Å². The Morgan fingerprint density at radius 2 is 0.812 bits per heavy atom. The van der Waals surface area contributed by atoms with E-state index < -0.39 is 53.8 Å². The Labute approximate surface area is 326 Å². The third kappa shape index (κ3) is 10.4. The minimum atomic E-state index is -2.00. The van der Waals surface area contributed by atoms with Crippen LogP contribution in [0.3, 0.4) is 0 Å². The molecule has 8 heteroatoms. The van der Waals surface area contributed by atoms with Gasteiger partial charge in [-0.3, -0.25) is 0 Å². The van der Waals surface area contributed by atoms with E-state index in [1.165, 1.54) is 22.5 Å². The molecule has 2 unspecified atom stereocenters. The number of halogens is 2. The molecule has 2 aliphatic carbocycles. The zero-order chi connectivity index (χ0) is 34.6. The predicted molar refractivity (Wildman–Crippen MR) is 207 cm³/mol. The minimum Gasteiger partial charge on any atom is -1.00 e. The Morgan fingerprint density at radius 3 is 1.04 bits per heavy atom. The van der Waals surface area contributed by atoms with E-state index in [1.807, 2.05) is 6.66 Å². The fraction of sp³-hybridized carbons (Fsp3) is 0.500. The quantitative estimate of drug-likeness (QED) is 0.286. The number of hydrogen-bond acceptors (Lipinski definition) is 2. The molecule has 0 aromatic heterocycles. The standard InChI is InChI=1S/2C9H12N.2C9H13.2C2H7Si.2ClH.2Hf/c2*1-7(2)8-5-3-4-6-9(8)10;2*1-6-5-7(2)9(4)8(6)3;2*1-3-2;;;;/h2*3-7,10H,1-2H3;2*6H,1-4H3;2*3H,1-2H3;2*1H;;/q2*-1;;;;;;;2*+2/p-2. The van der Waals surface area contributed by atoms with Crippen molar-refractivity contribution in [3.63, 3.8) is 0 Å². The Hall–Kier alpha value is -0.246. The van der Waals surface area contributed by atoms with Gasteiger partial charge in [-0.1, -0.05) is 0 Å². The number of rotatable bonds is 10. The maximum Gasteiger partial charge on any atom is -1.00 e. The van der Waals surface area contributed by atoms with Crippen LogP contribution in [0.15, 0.2) is 88.6 Å². The van der Waals surface area contributed by atoms with Crippen molar-refractivity contribution in [2.24, 2.45) is 11.8 Å². The Balaban J connectivity index is 0.000000461. The third-order valence-corrected chi connectivity index (χ3v) is 59.2. The van der Waals surface area contributed by atoms with Crippen molar-refractivity contribution in [3.05, 3.63) is 99.8 Å². The molecule has 264 valence electrons. The largest absolute Gasteiger partial charge is 1.00 e. The zero-order valence-corrected chi connectivity index (χ0v) is 43.8. The summed E-state index contributed by atoms with van der Waals surface area (Å²) in [7, 11) is 0. The van der Waals surface area contributed by atoms with Gasteiger partial charge in [0.2, 0.25) is 0 Å². The third-order valence-electron chi connectivity index (χ3n) is 10.7. The molecule has 0 saturated heterocycles. The molecule has 2 N–H and O–H groups in total. The maximum atomic E-state index is 4.16. The summed E-state index contributed by atoms with van der Waals surface area (Å²) in [6.45, 7) is 38.4. The molecular formula is C40H64Cl2Hf2N2Si2. The van der Waals surface area contributed by atoms with E-state index in [-0.39, 0.29) is 24.8 Å². The monoisotopic (exact) mass is 1060 g/mol. The molecule has 0 radical (unpaired) electrons. The van der Waals surface area contributed by atoms with Crippen molar-refractivity contribution in [1.82, 2.24) is 0 Å². The molecular weight excluding hydrogens is 993 g/mol. The molecule has 0 aliphatic heterocycles. The molecule has 0 bridgehead atoms. The van der Waals surface area contributed by atoms with Crippen LogP contribution in [0.1, 0.15) is 106 Å². The summed E-state index contributed by atoms with van der Waals surface area (Å²) in [6.07, 6.45) is 0. The van der Waals surface area contributed by atoms with Crippen LogP contribution in [0.25, 0.3) is 0 Å². The fourth-order valence-corrected chi connectivity index (χ4v) is 52.6. The van der Waals surface area contributed by atoms with Gasteiger partial charge in [-0.2, -0.15) is 0 Å². The second kappa shape index (κ2) is 20.1. The normalized spacial score (nSPS) is 17.7. The molecule has 48 heavy (non-hydrogen) atoms. The van der Waals surface area contributed by atoms with Crippen LogP contribution in [0.2, 0.25) is 26.2 Å². The van der Waals surface area contributed by atoms with E-state index >= 15 is 0 Å². The van der Waals surface area contributed by atoms with E-state index in [4.69, 9.17) is 0 Å². The zero-order valence-electron chi connectivity index (χ0n) is 32.8. The number of allylic oxidation sites excluding steroid dienone is 8. The molecule has 0 amide bonds. The number of anilines is 2. The van der Waals surface area contributed by atoms with E-state index in [9.17, 15) is 0 Å². The van der Waals surface area contributed by atoms with Gasteiger partial charge in [-0.25, -0.2) is 0 Å². The summed E-state index contributed by atoms with van der Waals surface area (Å²) in [5.74, 6) is 1.16. The SMILES string of the molecule is CC1=C(C)C(C)[C]([Hf+]([NH]c2ccccc2C(C)C)[SiH](C)C)=C1C.CC1=C(C)C(C)[C]([Hf+]([NH]c2ccccc2C(C)C)[SiH](C)C)=C1C.[Cl-].[Cl-]. The smallest absolute Gasteiger partial charge is 1.00 e. The molecule has 2 aliphatic rings. The first-order chi connectivity index (χ1) is 21.5. The van der Waals surface area contributed by atoms with Gasteiger partial charge in [0.15, 0.2) is 0 Å². The van der Waals surface area contributed by atoms with Crippen LogP contribution in [0.5, 0.6) is 0 Å². The molecule has 0 saturated carbocycles. The number of para-hydroxylation sites is 2. The average Bonchev–Trinajstić information content (AvgIpc) is 3.32. The number of benzene rings is 2. The van der Waals surface area contributed by atoms with Crippen LogP contribution in [-0.4, -0.2) is 12.0 Å². The summed E-state index contributed by atoms with van der Waals surface area (Å²) in [4.78, 5) is 0. The fourth-order valence-electron chi connectivity index (χ4n) is 7.16. The number of hydrogen-bond donors (Lipinski definition) is 2. The van der Waals surface area contributed by atoms with E-state index in [1.54, 1.807) is 33.4 Å². The van der Waals surface area contributed by atoms with Crippen molar-refractivity contribution in [2.75, 3.05) is 6.61 Å². The minimum absolute atomic E-state index is 0. The van der Waals surface area contributed by atoms with Gasteiger partial charge < -0.3 is 24.8 Å². The summed E-state index contributed by atoms with van der Waals surface area (Å²) in [6, 6.07) is 17.9. The second-order valence-corrected chi connectivity index (χ2v) is 65.6. The maximum absolute atomic E-state index is 4.16. The molecule has 0 fully saturated rings. The van der Waals surface area contributed by atoms with E-state index in [0.717, 1.165) is 0 Å². The summed E-state index contributed by atoms with van der Waals surface area (Å²) < 4.78 is 12.0. The summed E-state index contributed by atoms with van der Waals surface area (Å²) >= 11 is -4.00. The summed E-state index contributed by atoms with van der Waals surface area (Å²) in [5.41, 5.74) is 15.4. The van der Waals surface area contributed by atoms with E-state index in [2.05, 4.69) is 164 Å². The van der Waals surface area contributed by atoms with Crippen LogP contribution >= 0.6 is 0 Å². The molecule has 0 spiro atoms. The van der Waals surface area contributed by atoms with Crippen LogP contribution in [0.4, 0.5) is 11.4 Å². The Kier molecular flexibility index (Phi) is 19.2. The van der Waals surface area contributed by atoms with Crippen LogP contribution in [0, 0.1) is 11.8 Å². The van der Waals surface area contributed by atoms with E-state index in [0.29, 0.717) is 23.7 Å². The van der Waals surface area contributed by atoms with Gasteiger partial charge in [-0.15, -0.1) is 0 Å². The molecule has 2 aromatic carbocycles. The molecule has 2 aromatic rings. The van der Waals surface area contributed by atoms with Crippen molar-refractivity contribution in [2.45, 2.75) is 121 Å². The molecule has 2 atom stereocenters. The van der Waals surface area contributed by atoms with Crippen LogP contribution < -0.4 is 31.4 Å². The van der Waals surface area contributed by atoms with Crippen molar-refractivity contribution < 1.29 is 66.6 Å². The predicted octanol–water partition coefficient (Wildman–Crippen LogP) is 6.01. The van der Waals surface area contributed by atoms with Gasteiger partial charge in [0.1, 0.15) is 0 Å².